The highest BCUT2D eigenvalue weighted by Crippen LogP contribution is 2.23. The topological polar surface area (TPSA) is 113 Å². The predicted molar refractivity (Wildman–Crippen MR) is 94.6 cm³/mol. The molecule has 0 aliphatic heterocycles. The molecular weight excluding hydrogens is 354 g/mol. The molecule has 0 atom stereocenters. The molecule has 0 saturated carbocycles. The van der Waals surface area contributed by atoms with Gasteiger partial charge in [0.25, 0.3) is 0 Å². The average molecular weight is 369 g/mol. The summed E-state index contributed by atoms with van der Waals surface area (Å²) in [4.78, 5) is 24.0. The number of primary amides is 1. The number of thioether (sulfide) groups is 1. The van der Waals surface area contributed by atoms with Crippen molar-refractivity contribution in [3.8, 4) is 5.69 Å². The van der Waals surface area contributed by atoms with E-state index in [0.29, 0.717) is 16.3 Å². The molecule has 132 valence electrons. The summed E-state index contributed by atoms with van der Waals surface area (Å²) >= 11 is 1.19. The van der Waals surface area contributed by atoms with Crippen LogP contribution >= 0.6 is 11.8 Å². The summed E-state index contributed by atoms with van der Waals surface area (Å²) in [5, 5.41) is 11.4. The van der Waals surface area contributed by atoms with E-state index in [4.69, 9.17) is 10.5 Å². The van der Waals surface area contributed by atoms with Gasteiger partial charge in [0.05, 0.1) is 17.0 Å². The van der Waals surface area contributed by atoms with E-state index in [0.717, 1.165) is 5.69 Å². The number of carbonyl (C=O) groups excluding carboxylic acids is 2. The highest BCUT2D eigenvalue weighted by molar-refractivity contribution is 8.00. The number of esters is 1. The summed E-state index contributed by atoms with van der Waals surface area (Å²) in [5.74, 6) is -0.511. The van der Waals surface area contributed by atoms with Crippen molar-refractivity contribution in [2.24, 2.45) is 5.73 Å². The second kappa shape index (κ2) is 8.26. The predicted octanol–water partition coefficient (Wildman–Crippen LogP) is 1.60. The maximum absolute atomic E-state index is 12.4. The van der Waals surface area contributed by atoms with Crippen molar-refractivity contribution < 1.29 is 14.3 Å². The summed E-state index contributed by atoms with van der Waals surface area (Å²) in [6.07, 6.45) is 0. The second-order valence-corrected chi connectivity index (χ2v) is 6.19. The van der Waals surface area contributed by atoms with Gasteiger partial charge in [0.15, 0.2) is 12.4 Å². The van der Waals surface area contributed by atoms with Gasteiger partial charge in [0.1, 0.15) is 0 Å². The van der Waals surface area contributed by atoms with Crippen molar-refractivity contribution in [1.82, 2.24) is 20.2 Å². The Bertz CT molecular complexity index is 914. The smallest absolute Gasteiger partial charge is 0.339 e. The van der Waals surface area contributed by atoms with Crippen LogP contribution in [-0.2, 0) is 16.1 Å². The Morgan fingerprint density at radius 2 is 1.81 bits per heavy atom. The number of tetrazole rings is 1. The molecule has 9 heteroatoms. The molecule has 3 rings (SSSR count). The van der Waals surface area contributed by atoms with Crippen molar-refractivity contribution in [2.45, 2.75) is 11.5 Å². The van der Waals surface area contributed by atoms with Crippen LogP contribution in [0.3, 0.4) is 0 Å². The van der Waals surface area contributed by atoms with Gasteiger partial charge in [-0.3, -0.25) is 4.79 Å². The van der Waals surface area contributed by atoms with Gasteiger partial charge in [-0.15, -0.1) is 16.9 Å². The Labute approximate surface area is 153 Å². The van der Waals surface area contributed by atoms with Crippen molar-refractivity contribution in [1.29, 1.82) is 0 Å². The first-order valence-electron chi connectivity index (χ1n) is 7.65. The first-order valence-corrected chi connectivity index (χ1v) is 8.63. The van der Waals surface area contributed by atoms with Crippen LogP contribution in [0.4, 0.5) is 0 Å². The summed E-state index contributed by atoms with van der Waals surface area (Å²) < 4.78 is 6.85. The lowest BCUT2D eigenvalue weighted by Crippen LogP contribution is -2.14. The molecule has 0 bridgehead atoms. The Morgan fingerprint density at radius 3 is 2.58 bits per heavy atom. The number of benzene rings is 2. The molecule has 3 aromatic rings. The van der Waals surface area contributed by atoms with Crippen LogP contribution in [0.1, 0.15) is 16.2 Å². The number of hydrogen-bond acceptors (Lipinski definition) is 7. The standard InChI is InChI=1S/C17H15N5O3S/c18-15(23)11-26-14-9-5-4-8-13(14)17(24)25-10-16-19-20-21-22(16)12-6-2-1-3-7-12/h1-9H,10-11H2,(H2,18,23). The van der Waals surface area contributed by atoms with Crippen LogP contribution in [0.25, 0.3) is 5.69 Å². The lowest BCUT2D eigenvalue weighted by atomic mass is 10.2. The van der Waals surface area contributed by atoms with E-state index >= 15 is 0 Å². The van der Waals surface area contributed by atoms with Gasteiger partial charge in [0.2, 0.25) is 5.91 Å². The van der Waals surface area contributed by atoms with Crippen LogP contribution in [0.2, 0.25) is 0 Å². The Balaban J connectivity index is 1.71. The zero-order chi connectivity index (χ0) is 18.4. The molecule has 0 saturated heterocycles. The van der Waals surface area contributed by atoms with E-state index in [1.165, 1.54) is 16.4 Å². The SMILES string of the molecule is NC(=O)CSc1ccccc1C(=O)OCc1nnnn1-c1ccccc1. The molecule has 0 aliphatic rings. The number of nitrogens with two attached hydrogens (primary N) is 1. The van der Waals surface area contributed by atoms with Gasteiger partial charge in [-0.1, -0.05) is 30.3 Å². The third-order valence-electron chi connectivity index (χ3n) is 3.34. The number of ether oxygens (including phenoxy) is 1. The van der Waals surface area contributed by atoms with E-state index in [1.54, 1.807) is 24.3 Å². The minimum absolute atomic E-state index is 0.0799. The molecule has 26 heavy (non-hydrogen) atoms. The maximum Gasteiger partial charge on any atom is 0.339 e. The molecule has 1 amide bonds. The number of hydrogen-bond donors (Lipinski definition) is 1. The minimum Gasteiger partial charge on any atom is -0.454 e. The highest BCUT2D eigenvalue weighted by atomic mass is 32.2. The summed E-state index contributed by atoms with van der Waals surface area (Å²) in [6.45, 7) is -0.0877. The lowest BCUT2D eigenvalue weighted by molar-refractivity contribution is -0.115. The van der Waals surface area contributed by atoms with E-state index in [2.05, 4.69) is 15.5 Å². The van der Waals surface area contributed by atoms with E-state index in [-0.39, 0.29) is 12.4 Å². The van der Waals surface area contributed by atoms with Gasteiger partial charge in [-0.25, -0.2) is 4.79 Å². The third kappa shape index (κ3) is 4.25. The molecule has 0 spiro atoms. The Hall–Kier alpha value is -3.20. The molecule has 0 radical (unpaired) electrons. The zero-order valence-electron chi connectivity index (χ0n) is 13.6. The quantitative estimate of drug-likeness (QED) is 0.497. The summed E-state index contributed by atoms with van der Waals surface area (Å²) in [7, 11) is 0. The van der Waals surface area contributed by atoms with Crippen molar-refractivity contribution in [3.05, 3.63) is 66.0 Å². The number of carbonyl (C=O) groups is 2. The number of amides is 1. The molecule has 1 heterocycles. The van der Waals surface area contributed by atoms with Gasteiger partial charge in [-0.05, 0) is 34.7 Å². The lowest BCUT2D eigenvalue weighted by Gasteiger charge is -2.09. The summed E-state index contributed by atoms with van der Waals surface area (Å²) in [5.41, 5.74) is 6.28. The molecule has 2 N–H and O–H groups in total. The van der Waals surface area contributed by atoms with Crippen LogP contribution in [0.15, 0.2) is 59.5 Å². The molecule has 0 aliphatic carbocycles. The molecular formula is C17H15N5O3S. The number of rotatable bonds is 7. The van der Waals surface area contributed by atoms with Gasteiger partial charge < -0.3 is 10.5 Å². The van der Waals surface area contributed by atoms with E-state index in [9.17, 15) is 9.59 Å². The van der Waals surface area contributed by atoms with Gasteiger partial charge in [-0.2, -0.15) is 4.68 Å². The largest absolute Gasteiger partial charge is 0.454 e. The number of para-hydroxylation sites is 1. The molecule has 8 nitrogen and oxygen atoms in total. The molecule has 2 aromatic carbocycles. The number of aromatic nitrogens is 4. The minimum atomic E-state index is -0.528. The first-order chi connectivity index (χ1) is 12.6. The molecule has 0 unspecified atom stereocenters. The fourth-order valence-corrected chi connectivity index (χ4v) is 2.96. The summed E-state index contributed by atoms with van der Waals surface area (Å²) in [6, 6.07) is 16.2. The zero-order valence-corrected chi connectivity index (χ0v) is 14.4. The fourth-order valence-electron chi connectivity index (χ4n) is 2.18. The van der Waals surface area contributed by atoms with E-state index in [1.807, 2.05) is 30.3 Å². The van der Waals surface area contributed by atoms with Crippen LogP contribution < -0.4 is 5.73 Å². The van der Waals surface area contributed by atoms with Crippen molar-refractivity contribution in [2.75, 3.05) is 5.75 Å². The van der Waals surface area contributed by atoms with Gasteiger partial charge >= 0.3 is 5.97 Å². The average Bonchev–Trinajstić information content (AvgIpc) is 3.14. The van der Waals surface area contributed by atoms with Crippen molar-refractivity contribution >= 4 is 23.6 Å². The molecule has 1 aromatic heterocycles. The monoisotopic (exact) mass is 369 g/mol. The molecule has 0 fully saturated rings. The Morgan fingerprint density at radius 1 is 1.08 bits per heavy atom. The number of nitrogens with zero attached hydrogens (tertiary/aromatic N) is 4. The first kappa shape index (κ1) is 17.6. The van der Waals surface area contributed by atoms with Crippen LogP contribution in [0, 0.1) is 0 Å². The maximum atomic E-state index is 12.4. The highest BCUT2D eigenvalue weighted by Gasteiger charge is 2.16. The van der Waals surface area contributed by atoms with Crippen LogP contribution in [0.5, 0.6) is 0 Å². The Kier molecular flexibility index (Phi) is 5.59. The third-order valence-corrected chi connectivity index (χ3v) is 4.44. The van der Waals surface area contributed by atoms with Gasteiger partial charge in [0, 0.05) is 4.90 Å². The fraction of sp³-hybridized carbons (Fsp3) is 0.118. The van der Waals surface area contributed by atoms with Crippen molar-refractivity contribution in [3.63, 3.8) is 0 Å². The van der Waals surface area contributed by atoms with E-state index < -0.39 is 11.9 Å². The normalized spacial score (nSPS) is 10.5. The van der Waals surface area contributed by atoms with Crippen LogP contribution in [-0.4, -0.2) is 37.8 Å². The second-order valence-electron chi connectivity index (χ2n) is 5.17.